The zero-order chi connectivity index (χ0) is 15.5. The number of carbonyl (C=O) groups excluding carboxylic acids is 1. The van der Waals surface area contributed by atoms with Gasteiger partial charge in [0.25, 0.3) is 5.91 Å². The van der Waals surface area contributed by atoms with Crippen LogP contribution < -0.4 is 5.73 Å². The van der Waals surface area contributed by atoms with E-state index in [9.17, 15) is 22.4 Å². The Balaban J connectivity index is 3.06. The highest BCUT2D eigenvalue weighted by Crippen LogP contribution is 2.21. The molecule has 0 bridgehead atoms. The lowest BCUT2D eigenvalue weighted by Crippen LogP contribution is -2.40. The maximum atomic E-state index is 13.5. The Bertz CT molecular complexity index is 480. The predicted octanol–water partition coefficient (Wildman–Crippen LogP) is 1.71. The van der Waals surface area contributed by atoms with E-state index in [2.05, 4.69) is 0 Å². The average Bonchev–Trinajstić information content (AvgIpc) is 2.32. The van der Waals surface area contributed by atoms with E-state index in [4.69, 9.17) is 10.8 Å². The Morgan fingerprint density at radius 3 is 2.45 bits per heavy atom. The van der Waals surface area contributed by atoms with Crippen molar-refractivity contribution in [1.29, 1.82) is 0 Å². The predicted molar refractivity (Wildman–Crippen MR) is 64.6 cm³/mol. The van der Waals surface area contributed by atoms with Crippen LogP contribution in [0.4, 0.5) is 23.2 Å². The van der Waals surface area contributed by atoms with Crippen LogP contribution in [-0.2, 0) is 0 Å². The molecule has 1 aromatic carbocycles. The van der Waals surface area contributed by atoms with E-state index < -0.39 is 37.6 Å². The third-order valence-corrected chi connectivity index (χ3v) is 2.66. The number of nitrogens with two attached hydrogens (primary N) is 1. The monoisotopic (exact) mass is 294 g/mol. The van der Waals surface area contributed by atoms with Gasteiger partial charge in [-0.2, -0.15) is 13.2 Å². The highest BCUT2D eigenvalue weighted by Gasteiger charge is 2.33. The van der Waals surface area contributed by atoms with Gasteiger partial charge >= 0.3 is 6.18 Å². The molecule has 0 saturated heterocycles. The molecule has 0 unspecified atom stereocenters. The summed E-state index contributed by atoms with van der Waals surface area (Å²) in [5.74, 6) is -1.81. The molecule has 0 aromatic heterocycles. The van der Waals surface area contributed by atoms with Gasteiger partial charge in [-0.25, -0.2) is 4.39 Å². The molecule has 0 saturated carbocycles. The summed E-state index contributed by atoms with van der Waals surface area (Å²) in [6.45, 7) is -1.28. The van der Waals surface area contributed by atoms with E-state index in [-0.39, 0.29) is 16.8 Å². The fourth-order valence-corrected chi connectivity index (χ4v) is 1.60. The van der Waals surface area contributed by atoms with Gasteiger partial charge in [0.05, 0.1) is 6.61 Å². The van der Waals surface area contributed by atoms with Crippen molar-refractivity contribution in [2.24, 2.45) is 0 Å². The Morgan fingerprint density at radius 1 is 1.40 bits per heavy atom. The van der Waals surface area contributed by atoms with Gasteiger partial charge in [-0.05, 0) is 19.1 Å². The zero-order valence-electron chi connectivity index (χ0n) is 10.7. The lowest BCUT2D eigenvalue weighted by atomic mass is 10.1. The molecule has 0 aliphatic carbocycles. The molecule has 8 heteroatoms. The molecule has 4 nitrogen and oxygen atoms in total. The number of carbonyl (C=O) groups is 1. The fourth-order valence-electron chi connectivity index (χ4n) is 1.60. The van der Waals surface area contributed by atoms with Crippen molar-refractivity contribution in [3.8, 4) is 0 Å². The molecule has 112 valence electrons. The van der Waals surface area contributed by atoms with E-state index >= 15 is 0 Å². The van der Waals surface area contributed by atoms with Gasteiger partial charge in [-0.15, -0.1) is 0 Å². The van der Waals surface area contributed by atoms with Crippen LogP contribution in [0.25, 0.3) is 0 Å². The van der Waals surface area contributed by atoms with Crippen LogP contribution in [0, 0.1) is 12.7 Å². The first-order valence-electron chi connectivity index (χ1n) is 5.68. The normalized spacial score (nSPS) is 11.5. The van der Waals surface area contributed by atoms with E-state index in [1.807, 2.05) is 0 Å². The van der Waals surface area contributed by atoms with Crippen LogP contribution in [-0.4, -0.2) is 41.8 Å². The first kappa shape index (κ1) is 16.2. The van der Waals surface area contributed by atoms with Crippen LogP contribution in [0.2, 0.25) is 0 Å². The number of nitrogens with zero attached hydrogens (tertiary/aromatic N) is 1. The second-order valence-corrected chi connectivity index (χ2v) is 4.24. The molecule has 0 fully saturated rings. The van der Waals surface area contributed by atoms with Gasteiger partial charge in [0.15, 0.2) is 0 Å². The topological polar surface area (TPSA) is 66.6 Å². The first-order valence-corrected chi connectivity index (χ1v) is 5.68. The minimum absolute atomic E-state index is 0.0238. The van der Waals surface area contributed by atoms with Gasteiger partial charge < -0.3 is 15.7 Å². The van der Waals surface area contributed by atoms with Crippen LogP contribution in [0.1, 0.15) is 15.9 Å². The highest BCUT2D eigenvalue weighted by atomic mass is 19.4. The highest BCUT2D eigenvalue weighted by molar-refractivity contribution is 5.95. The summed E-state index contributed by atoms with van der Waals surface area (Å²) >= 11 is 0. The molecular formula is C12H14F4N2O2. The summed E-state index contributed by atoms with van der Waals surface area (Å²) in [5.41, 5.74) is 5.28. The number of alkyl halides is 3. The summed E-state index contributed by atoms with van der Waals surface area (Å²) < 4.78 is 50.5. The van der Waals surface area contributed by atoms with Crippen molar-refractivity contribution in [1.82, 2.24) is 4.90 Å². The Hall–Kier alpha value is -1.83. The van der Waals surface area contributed by atoms with Crippen LogP contribution in [0.5, 0.6) is 0 Å². The van der Waals surface area contributed by atoms with Crippen molar-refractivity contribution in [3.05, 3.63) is 29.1 Å². The van der Waals surface area contributed by atoms with E-state index in [1.54, 1.807) is 0 Å². The minimum atomic E-state index is -4.61. The summed E-state index contributed by atoms with van der Waals surface area (Å²) in [5, 5.41) is 8.72. The van der Waals surface area contributed by atoms with Crippen molar-refractivity contribution < 1.29 is 27.5 Å². The second kappa shape index (κ2) is 6.08. The van der Waals surface area contributed by atoms with Gasteiger partial charge in [0, 0.05) is 23.4 Å². The molecule has 0 radical (unpaired) electrons. The lowest BCUT2D eigenvalue weighted by molar-refractivity contribution is -0.141. The molecule has 3 N–H and O–H groups in total. The number of hydrogen-bond acceptors (Lipinski definition) is 3. The van der Waals surface area contributed by atoms with Gasteiger partial charge in [-0.3, -0.25) is 4.79 Å². The van der Waals surface area contributed by atoms with Crippen LogP contribution >= 0.6 is 0 Å². The van der Waals surface area contributed by atoms with Crippen LogP contribution in [0.15, 0.2) is 12.1 Å². The number of amides is 1. The smallest absolute Gasteiger partial charge is 0.398 e. The number of hydrogen-bond donors (Lipinski definition) is 2. The van der Waals surface area contributed by atoms with Crippen molar-refractivity contribution in [3.63, 3.8) is 0 Å². The molecular weight excluding hydrogens is 280 g/mol. The fraction of sp³-hybridized carbons (Fsp3) is 0.417. The SMILES string of the molecule is Cc1c(N)cc(C(=O)N(CCO)CC(F)(F)F)cc1F. The summed E-state index contributed by atoms with van der Waals surface area (Å²) in [4.78, 5) is 12.3. The summed E-state index contributed by atoms with van der Waals surface area (Å²) in [7, 11) is 0. The molecule has 1 rings (SSSR count). The Kier molecular flexibility index (Phi) is 4.93. The summed E-state index contributed by atoms with van der Waals surface area (Å²) in [6, 6.07) is 1.94. The molecule has 0 aliphatic heterocycles. The second-order valence-electron chi connectivity index (χ2n) is 4.24. The number of rotatable bonds is 4. The Labute approximate surface area is 112 Å². The molecule has 20 heavy (non-hydrogen) atoms. The molecule has 1 amide bonds. The molecule has 0 atom stereocenters. The number of benzene rings is 1. The van der Waals surface area contributed by atoms with E-state index in [0.717, 1.165) is 12.1 Å². The zero-order valence-corrected chi connectivity index (χ0v) is 10.7. The van der Waals surface area contributed by atoms with Crippen molar-refractivity contribution >= 4 is 11.6 Å². The van der Waals surface area contributed by atoms with E-state index in [0.29, 0.717) is 4.90 Å². The van der Waals surface area contributed by atoms with Gasteiger partial charge in [0.2, 0.25) is 0 Å². The van der Waals surface area contributed by atoms with Gasteiger partial charge in [0.1, 0.15) is 12.4 Å². The molecule has 1 aromatic rings. The third-order valence-electron chi connectivity index (χ3n) is 2.66. The minimum Gasteiger partial charge on any atom is -0.398 e. The number of halogens is 4. The number of nitrogen functional groups attached to an aromatic ring is 1. The number of aliphatic hydroxyl groups excluding tert-OH is 1. The third kappa shape index (κ3) is 4.09. The maximum absolute atomic E-state index is 13.5. The standard InChI is InChI=1S/C12H14F4N2O2/c1-7-9(13)4-8(5-10(7)17)11(20)18(2-3-19)6-12(14,15)16/h4-5,19H,2-3,6,17H2,1H3. The maximum Gasteiger partial charge on any atom is 0.406 e. The summed E-state index contributed by atoms with van der Waals surface area (Å²) in [6.07, 6.45) is -4.61. The largest absolute Gasteiger partial charge is 0.406 e. The molecule has 0 heterocycles. The first-order chi connectivity index (χ1) is 9.15. The van der Waals surface area contributed by atoms with E-state index in [1.165, 1.54) is 6.92 Å². The average molecular weight is 294 g/mol. The number of aliphatic hydroxyl groups is 1. The molecule has 0 aliphatic rings. The van der Waals surface area contributed by atoms with Crippen molar-refractivity contribution in [2.45, 2.75) is 13.1 Å². The quantitative estimate of drug-likeness (QED) is 0.656. The van der Waals surface area contributed by atoms with Crippen molar-refractivity contribution in [2.75, 3.05) is 25.4 Å². The molecule has 0 spiro atoms. The lowest BCUT2D eigenvalue weighted by Gasteiger charge is -2.23. The van der Waals surface area contributed by atoms with Gasteiger partial charge in [-0.1, -0.05) is 0 Å². The number of anilines is 1. The van der Waals surface area contributed by atoms with Crippen LogP contribution in [0.3, 0.4) is 0 Å². The Morgan fingerprint density at radius 2 is 2.00 bits per heavy atom.